The minimum atomic E-state index is -3.51. The minimum Gasteiger partial charge on any atom is -0.207 e. The second-order valence-electron chi connectivity index (χ2n) is 8.26. The zero-order valence-electron chi connectivity index (χ0n) is 16.1. The van der Waals surface area contributed by atoms with Crippen LogP contribution < -0.4 is 0 Å². The molecule has 0 bridgehead atoms. The number of rotatable bonds is 3. The van der Waals surface area contributed by atoms with Crippen molar-refractivity contribution in [3.63, 3.8) is 0 Å². The van der Waals surface area contributed by atoms with E-state index in [1.165, 1.54) is 0 Å². The quantitative estimate of drug-likeness (QED) is 0.464. The maximum absolute atomic E-state index is 13.3. The summed E-state index contributed by atoms with van der Waals surface area (Å²) >= 11 is 0. The summed E-state index contributed by atoms with van der Waals surface area (Å²) < 4.78 is 28.2. The molecule has 1 aromatic rings. The summed E-state index contributed by atoms with van der Waals surface area (Å²) in [6.07, 6.45) is 0. The van der Waals surface area contributed by atoms with Gasteiger partial charge in [0.15, 0.2) is 0 Å². The van der Waals surface area contributed by atoms with Crippen LogP contribution in [0.5, 0.6) is 0 Å². The molecule has 1 aliphatic heterocycles. The largest absolute Gasteiger partial charge is 0.245 e. The third-order valence-corrected chi connectivity index (χ3v) is 7.30. The fraction of sp³-hybridized carbons (Fsp3) is 0.579. The molecule has 1 aromatic carbocycles. The summed E-state index contributed by atoms with van der Waals surface area (Å²) in [5.74, 6) is 3.52. The van der Waals surface area contributed by atoms with E-state index in [2.05, 4.69) is 45.0 Å². The summed E-state index contributed by atoms with van der Waals surface area (Å²) in [6.45, 7) is 16.4. The lowest BCUT2D eigenvalue weighted by Crippen LogP contribution is -2.20. The molecule has 1 saturated heterocycles. The molecule has 3 atom stereocenters. The Kier molecular flexibility index (Phi) is 5.07. The van der Waals surface area contributed by atoms with Gasteiger partial charge in [0, 0.05) is 0 Å². The summed E-state index contributed by atoms with van der Waals surface area (Å²) in [5, 5.41) is 0. The van der Waals surface area contributed by atoms with Crippen molar-refractivity contribution < 1.29 is 8.42 Å². The molecule has 24 heavy (non-hydrogen) atoms. The maximum atomic E-state index is 13.3. The molecule has 0 aliphatic carbocycles. The molecule has 1 heterocycles. The fourth-order valence-corrected chi connectivity index (χ4v) is 6.14. The highest BCUT2D eigenvalue weighted by Crippen LogP contribution is 2.41. The van der Waals surface area contributed by atoms with E-state index in [1.54, 1.807) is 4.31 Å². The Labute approximate surface area is 148 Å². The second-order valence-corrected chi connectivity index (χ2v) is 14.8. The monoisotopic (exact) mass is 363 g/mol. The van der Waals surface area contributed by atoms with Crippen LogP contribution in [0.1, 0.15) is 30.5 Å². The molecule has 1 fully saturated rings. The van der Waals surface area contributed by atoms with E-state index >= 15 is 0 Å². The van der Waals surface area contributed by atoms with E-state index in [9.17, 15) is 8.42 Å². The topological polar surface area (TPSA) is 37.1 Å². The third-order valence-electron chi connectivity index (χ3n) is 4.22. The van der Waals surface area contributed by atoms with Crippen molar-refractivity contribution in [2.24, 2.45) is 5.92 Å². The standard InChI is InChI=1S/C19H29NO2SSi/c1-13(2)18-17(9-10-24(6,7)8)20(18)23(21,22)19-15(4)11-14(3)12-16(19)5/h11-13,17-18H,1-8H3/t17-,18-,20?/m0/s1. The molecule has 0 spiro atoms. The van der Waals surface area contributed by atoms with Gasteiger partial charge in [-0.3, -0.25) is 0 Å². The van der Waals surface area contributed by atoms with Crippen LogP contribution in [-0.2, 0) is 10.0 Å². The lowest BCUT2D eigenvalue weighted by Gasteiger charge is -2.14. The zero-order valence-corrected chi connectivity index (χ0v) is 17.9. The second kappa shape index (κ2) is 6.33. The van der Waals surface area contributed by atoms with Gasteiger partial charge in [0.1, 0.15) is 14.1 Å². The molecule has 132 valence electrons. The van der Waals surface area contributed by atoms with Gasteiger partial charge >= 0.3 is 0 Å². The van der Waals surface area contributed by atoms with E-state index in [1.807, 2.05) is 32.9 Å². The summed E-state index contributed by atoms with van der Waals surface area (Å²) in [7, 11) is -5.03. The van der Waals surface area contributed by atoms with Gasteiger partial charge in [-0.05, 0) is 37.8 Å². The smallest absolute Gasteiger partial charge is 0.207 e. The van der Waals surface area contributed by atoms with Crippen molar-refractivity contribution in [3.8, 4) is 11.5 Å². The van der Waals surface area contributed by atoms with Crippen LogP contribution in [-0.4, -0.2) is 32.9 Å². The Balaban J connectivity index is 2.47. The summed E-state index contributed by atoms with van der Waals surface area (Å²) in [4.78, 5) is 0.455. The number of aryl methyl sites for hydroxylation is 3. The fourth-order valence-electron chi connectivity index (χ4n) is 3.32. The van der Waals surface area contributed by atoms with Gasteiger partial charge in [-0.15, -0.1) is 5.54 Å². The molecule has 0 aromatic heterocycles. The minimum absolute atomic E-state index is 0.0149. The molecule has 0 amide bonds. The lowest BCUT2D eigenvalue weighted by molar-refractivity contribution is 0.517. The number of nitrogens with zero attached hydrogens (tertiary/aromatic N) is 1. The first kappa shape index (κ1) is 19.2. The highest BCUT2D eigenvalue weighted by Gasteiger charge is 2.56. The van der Waals surface area contributed by atoms with E-state index < -0.39 is 18.1 Å². The van der Waals surface area contributed by atoms with Gasteiger partial charge in [-0.25, -0.2) is 8.42 Å². The predicted molar refractivity (Wildman–Crippen MR) is 103 cm³/mol. The van der Waals surface area contributed by atoms with Crippen LogP contribution in [0.25, 0.3) is 0 Å². The number of benzene rings is 1. The van der Waals surface area contributed by atoms with Crippen molar-refractivity contribution in [2.45, 2.75) is 71.2 Å². The van der Waals surface area contributed by atoms with Gasteiger partial charge in [0.2, 0.25) is 10.0 Å². The average Bonchev–Trinajstić information content (AvgIpc) is 3.08. The van der Waals surface area contributed by atoms with Crippen LogP contribution >= 0.6 is 0 Å². The molecule has 3 nitrogen and oxygen atoms in total. The molecule has 0 N–H and O–H groups in total. The first-order valence-corrected chi connectivity index (χ1v) is 13.4. The van der Waals surface area contributed by atoms with Crippen molar-refractivity contribution in [1.29, 1.82) is 0 Å². The summed E-state index contributed by atoms with van der Waals surface area (Å²) in [6, 6.07) is 3.69. The average molecular weight is 364 g/mol. The van der Waals surface area contributed by atoms with Crippen molar-refractivity contribution in [3.05, 3.63) is 28.8 Å². The number of sulfonamides is 1. The first-order chi connectivity index (χ1) is 10.9. The molecule has 0 saturated carbocycles. The normalized spacial score (nSPS) is 23.8. The van der Waals surface area contributed by atoms with Gasteiger partial charge in [-0.2, -0.15) is 4.31 Å². The SMILES string of the molecule is Cc1cc(C)c(S(=O)(=O)N2[C@@H](C#C[Si](C)(C)C)[C@@H]2C(C)C)c(C)c1. The third kappa shape index (κ3) is 3.77. The van der Waals surface area contributed by atoms with Crippen molar-refractivity contribution in [1.82, 2.24) is 4.31 Å². The number of hydrogen-bond donors (Lipinski definition) is 0. The Bertz CT molecular complexity index is 787. The van der Waals surface area contributed by atoms with Crippen molar-refractivity contribution >= 4 is 18.1 Å². The first-order valence-electron chi connectivity index (χ1n) is 8.50. The van der Waals surface area contributed by atoms with Crippen LogP contribution in [0.3, 0.4) is 0 Å². The number of hydrogen-bond acceptors (Lipinski definition) is 2. The van der Waals surface area contributed by atoms with E-state index in [4.69, 9.17) is 0 Å². The molecular formula is C19H29NO2SSi. The Morgan fingerprint density at radius 1 is 1.08 bits per heavy atom. The summed E-state index contributed by atoms with van der Waals surface area (Å²) in [5.41, 5.74) is 6.07. The molecule has 5 heteroatoms. The molecule has 2 rings (SSSR count). The predicted octanol–water partition coefficient (Wildman–Crippen LogP) is 3.89. The van der Waals surface area contributed by atoms with E-state index in [-0.39, 0.29) is 18.0 Å². The van der Waals surface area contributed by atoms with Crippen LogP contribution in [0.15, 0.2) is 17.0 Å². The van der Waals surface area contributed by atoms with Gasteiger partial charge in [0.05, 0.1) is 10.9 Å². The van der Waals surface area contributed by atoms with Gasteiger partial charge in [-0.1, -0.05) is 57.1 Å². The highest BCUT2D eigenvalue weighted by molar-refractivity contribution is 7.89. The molecule has 0 radical (unpaired) electrons. The van der Waals surface area contributed by atoms with Crippen LogP contribution in [0, 0.1) is 38.2 Å². The Morgan fingerprint density at radius 3 is 2.00 bits per heavy atom. The van der Waals surface area contributed by atoms with Gasteiger partial charge in [0.25, 0.3) is 0 Å². The van der Waals surface area contributed by atoms with Gasteiger partial charge < -0.3 is 0 Å². The zero-order chi connectivity index (χ0) is 18.4. The lowest BCUT2D eigenvalue weighted by atomic mass is 10.1. The molecular weight excluding hydrogens is 334 g/mol. The molecule has 1 aliphatic rings. The van der Waals surface area contributed by atoms with Crippen LogP contribution in [0.4, 0.5) is 0 Å². The Hall–Kier alpha value is -1.09. The van der Waals surface area contributed by atoms with Crippen molar-refractivity contribution in [2.75, 3.05) is 0 Å². The molecule has 1 unspecified atom stereocenters. The van der Waals surface area contributed by atoms with E-state index in [0.717, 1.165) is 16.7 Å². The maximum Gasteiger partial charge on any atom is 0.245 e. The van der Waals surface area contributed by atoms with Crippen LogP contribution in [0.2, 0.25) is 19.6 Å². The highest BCUT2D eigenvalue weighted by atomic mass is 32.2. The van der Waals surface area contributed by atoms with E-state index in [0.29, 0.717) is 4.90 Å². The Morgan fingerprint density at radius 2 is 1.58 bits per heavy atom.